The minimum atomic E-state index is -4.88. The molecule has 2 heterocycles. The number of alkyl halides is 3. The van der Waals surface area contributed by atoms with Gasteiger partial charge in [0.05, 0.1) is 5.69 Å². The molecule has 1 fully saturated rings. The van der Waals surface area contributed by atoms with Gasteiger partial charge in [0.25, 0.3) is 5.91 Å². The third kappa shape index (κ3) is 4.01. The van der Waals surface area contributed by atoms with Crippen LogP contribution in [0.25, 0.3) is 5.69 Å². The second kappa shape index (κ2) is 7.40. The minimum absolute atomic E-state index is 0.153. The predicted octanol–water partition coefficient (Wildman–Crippen LogP) is 2.15. The average molecular weight is 371 g/mol. The predicted molar refractivity (Wildman–Crippen MR) is 84.2 cm³/mol. The molecular weight excluding hydrogens is 354 g/mol. The first kappa shape index (κ1) is 18.3. The van der Waals surface area contributed by atoms with Gasteiger partial charge in [-0.25, -0.2) is 9.07 Å². The fourth-order valence-corrected chi connectivity index (χ4v) is 2.90. The second-order valence-corrected chi connectivity index (χ2v) is 6.10. The maximum Gasteiger partial charge on any atom is 0.435 e. The van der Waals surface area contributed by atoms with E-state index in [9.17, 15) is 22.4 Å². The lowest BCUT2D eigenvalue weighted by molar-refractivity contribution is -0.143. The number of carbonyl (C=O) groups excluding carboxylic acids is 1. The Bertz CT molecular complexity index is 783. The van der Waals surface area contributed by atoms with Crippen molar-refractivity contribution in [2.24, 2.45) is 5.92 Å². The summed E-state index contributed by atoms with van der Waals surface area (Å²) in [4.78, 5) is 12.2. The summed E-state index contributed by atoms with van der Waals surface area (Å²) in [6, 6.07) is 4.49. The molecule has 2 aromatic rings. The van der Waals surface area contributed by atoms with Gasteiger partial charge in [0.2, 0.25) is 0 Å². The molecule has 0 radical (unpaired) electrons. The summed E-state index contributed by atoms with van der Waals surface area (Å²) in [5.74, 6) is -1.52. The van der Waals surface area contributed by atoms with E-state index in [1.807, 2.05) is 0 Å². The van der Waals surface area contributed by atoms with Gasteiger partial charge in [-0.05, 0) is 50.0 Å². The summed E-state index contributed by atoms with van der Waals surface area (Å²) in [7, 11) is 0. The number of aromatic nitrogens is 3. The average Bonchev–Trinajstić information content (AvgIpc) is 3.06. The molecular formula is C16H17F4N5O. The summed E-state index contributed by atoms with van der Waals surface area (Å²) < 4.78 is 54.3. The molecule has 1 aromatic carbocycles. The van der Waals surface area contributed by atoms with Crippen molar-refractivity contribution < 1.29 is 22.4 Å². The maximum absolute atomic E-state index is 13.5. The number of piperidine rings is 1. The fourth-order valence-electron chi connectivity index (χ4n) is 2.90. The van der Waals surface area contributed by atoms with Crippen molar-refractivity contribution in [2.75, 3.05) is 19.6 Å². The van der Waals surface area contributed by atoms with Crippen LogP contribution in [0.5, 0.6) is 0 Å². The van der Waals surface area contributed by atoms with Crippen molar-refractivity contribution in [1.29, 1.82) is 0 Å². The summed E-state index contributed by atoms with van der Waals surface area (Å²) in [5.41, 5.74) is -2.33. The van der Waals surface area contributed by atoms with E-state index in [-0.39, 0.29) is 18.2 Å². The highest BCUT2D eigenvalue weighted by atomic mass is 19.4. The van der Waals surface area contributed by atoms with Crippen LogP contribution in [0.1, 0.15) is 29.0 Å². The summed E-state index contributed by atoms with van der Waals surface area (Å²) in [6.45, 7) is 1.84. The number of rotatable bonds is 4. The number of carbonyl (C=O) groups is 1. The van der Waals surface area contributed by atoms with E-state index in [4.69, 9.17) is 0 Å². The largest absolute Gasteiger partial charge is 0.435 e. The van der Waals surface area contributed by atoms with Crippen LogP contribution in [0.4, 0.5) is 17.6 Å². The Kier molecular flexibility index (Phi) is 5.21. The zero-order chi connectivity index (χ0) is 18.7. The highest BCUT2D eigenvalue weighted by Gasteiger charge is 2.42. The first-order valence-electron chi connectivity index (χ1n) is 8.14. The second-order valence-electron chi connectivity index (χ2n) is 6.10. The summed E-state index contributed by atoms with van der Waals surface area (Å²) in [6.07, 6.45) is -3.05. The Morgan fingerprint density at radius 3 is 2.85 bits per heavy atom. The van der Waals surface area contributed by atoms with Crippen LogP contribution in [-0.2, 0) is 6.18 Å². The lowest BCUT2D eigenvalue weighted by atomic mass is 10.00. The number of nitrogens with one attached hydrogen (secondary N) is 2. The third-order valence-electron chi connectivity index (χ3n) is 4.16. The van der Waals surface area contributed by atoms with Crippen LogP contribution >= 0.6 is 0 Å². The van der Waals surface area contributed by atoms with Gasteiger partial charge >= 0.3 is 6.18 Å². The van der Waals surface area contributed by atoms with E-state index in [0.717, 1.165) is 31.5 Å². The van der Waals surface area contributed by atoms with Crippen molar-refractivity contribution >= 4 is 5.91 Å². The highest BCUT2D eigenvalue weighted by Crippen LogP contribution is 2.32. The molecule has 0 bridgehead atoms. The van der Waals surface area contributed by atoms with Crippen LogP contribution in [0.3, 0.4) is 0 Å². The molecule has 140 valence electrons. The molecule has 1 atom stereocenters. The molecule has 3 rings (SSSR count). The zero-order valence-electron chi connectivity index (χ0n) is 13.7. The number of hydrogen-bond acceptors (Lipinski definition) is 4. The number of amides is 1. The first-order chi connectivity index (χ1) is 12.4. The van der Waals surface area contributed by atoms with Crippen LogP contribution in [-0.4, -0.2) is 40.5 Å². The Labute approximate surface area is 146 Å². The van der Waals surface area contributed by atoms with Gasteiger partial charge in [0.1, 0.15) is 5.82 Å². The van der Waals surface area contributed by atoms with Gasteiger partial charge < -0.3 is 10.6 Å². The molecule has 1 unspecified atom stereocenters. The van der Waals surface area contributed by atoms with Crippen molar-refractivity contribution in [3.05, 3.63) is 41.5 Å². The van der Waals surface area contributed by atoms with Crippen LogP contribution in [0.2, 0.25) is 0 Å². The Hall–Kier alpha value is -2.49. The lowest BCUT2D eigenvalue weighted by Gasteiger charge is -2.22. The molecule has 1 aliphatic heterocycles. The highest BCUT2D eigenvalue weighted by molar-refractivity contribution is 5.93. The number of halogens is 4. The van der Waals surface area contributed by atoms with Crippen molar-refractivity contribution in [1.82, 2.24) is 25.6 Å². The van der Waals surface area contributed by atoms with E-state index in [0.29, 0.717) is 11.2 Å². The molecule has 0 spiro atoms. The van der Waals surface area contributed by atoms with Crippen LogP contribution < -0.4 is 10.6 Å². The van der Waals surface area contributed by atoms with Crippen molar-refractivity contribution in [3.8, 4) is 5.69 Å². The molecule has 6 nitrogen and oxygen atoms in total. The molecule has 1 aromatic heterocycles. The minimum Gasteiger partial charge on any atom is -0.350 e. The molecule has 2 N–H and O–H groups in total. The van der Waals surface area contributed by atoms with Crippen molar-refractivity contribution in [2.45, 2.75) is 19.0 Å². The van der Waals surface area contributed by atoms with Crippen LogP contribution in [0, 0.1) is 11.7 Å². The number of benzene rings is 1. The van der Waals surface area contributed by atoms with Gasteiger partial charge in [-0.2, -0.15) is 13.2 Å². The lowest BCUT2D eigenvalue weighted by Crippen LogP contribution is -2.38. The summed E-state index contributed by atoms with van der Waals surface area (Å²) in [5, 5.41) is 12.5. The molecule has 1 saturated heterocycles. The fraction of sp³-hybridized carbons (Fsp3) is 0.438. The monoisotopic (exact) mass is 371 g/mol. The van der Waals surface area contributed by atoms with E-state index >= 15 is 0 Å². The smallest absolute Gasteiger partial charge is 0.350 e. The van der Waals surface area contributed by atoms with Gasteiger partial charge in [0, 0.05) is 6.54 Å². The van der Waals surface area contributed by atoms with Crippen LogP contribution in [0.15, 0.2) is 24.3 Å². The maximum atomic E-state index is 13.5. The van der Waals surface area contributed by atoms with E-state index in [1.165, 1.54) is 12.1 Å². The number of hydrogen-bond donors (Lipinski definition) is 2. The Morgan fingerprint density at radius 1 is 1.38 bits per heavy atom. The van der Waals surface area contributed by atoms with Gasteiger partial charge in [-0.1, -0.05) is 11.3 Å². The van der Waals surface area contributed by atoms with Gasteiger partial charge in [-0.3, -0.25) is 4.79 Å². The van der Waals surface area contributed by atoms with Crippen molar-refractivity contribution in [3.63, 3.8) is 0 Å². The number of nitrogens with zero attached hydrogens (tertiary/aromatic N) is 3. The molecule has 0 aliphatic carbocycles. The zero-order valence-corrected chi connectivity index (χ0v) is 13.7. The topological polar surface area (TPSA) is 71.8 Å². The van der Waals surface area contributed by atoms with Gasteiger partial charge in [0.15, 0.2) is 11.4 Å². The SMILES string of the molecule is O=C(NCC1CCCNC1)c1nnn(-c2cccc(F)c2)c1C(F)(F)F. The van der Waals surface area contributed by atoms with E-state index in [1.54, 1.807) is 0 Å². The first-order valence-corrected chi connectivity index (χ1v) is 8.14. The van der Waals surface area contributed by atoms with E-state index in [2.05, 4.69) is 20.9 Å². The molecule has 10 heteroatoms. The molecule has 1 aliphatic rings. The Morgan fingerprint density at radius 2 is 2.19 bits per heavy atom. The van der Waals surface area contributed by atoms with E-state index < -0.39 is 29.3 Å². The summed E-state index contributed by atoms with van der Waals surface area (Å²) >= 11 is 0. The molecule has 26 heavy (non-hydrogen) atoms. The quantitative estimate of drug-likeness (QED) is 0.808. The standard InChI is InChI=1S/C16H17F4N5O/c17-11-4-1-5-12(7-11)25-14(16(18,19)20)13(23-24-25)15(26)22-9-10-3-2-6-21-8-10/h1,4-5,7,10,21H,2-3,6,8-9H2,(H,22,26). The van der Waals surface area contributed by atoms with Gasteiger partial charge in [-0.15, -0.1) is 5.10 Å². The normalized spacial score (nSPS) is 17.9. The Balaban J connectivity index is 1.86. The molecule has 0 saturated carbocycles. The third-order valence-corrected chi connectivity index (χ3v) is 4.16. The molecule has 1 amide bonds.